The minimum atomic E-state index is -3.56. The quantitative estimate of drug-likeness (QED) is 0.560. The Labute approximate surface area is 187 Å². The number of hydrogen-bond acceptors (Lipinski definition) is 5. The number of fused-ring (bicyclic) bond motifs is 1. The molecule has 1 fully saturated rings. The summed E-state index contributed by atoms with van der Waals surface area (Å²) in [4.78, 5) is 4.93. The lowest BCUT2D eigenvalue weighted by molar-refractivity contribution is 0.265. The second kappa shape index (κ2) is 8.37. The minimum Gasteiger partial charge on any atom is -0.339 e. The van der Waals surface area contributed by atoms with Gasteiger partial charge >= 0.3 is 0 Å². The first-order valence-corrected chi connectivity index (χ1v) is 12.5. The third-order valence-electron chi connectivity index (χ3n) is 6.24. The lowest BCUT2D eigenvalue weighted by atomic mass is 9.92. The zero-order chi connectivity index (χ0) is 21.4. The fourth-order valence-corrected chi connectivity index (χ4v) is 6.20. The van der Waals surface area contributed by atoms with Gasteiger partial charge in [0.1, 0.15) is 0 Å². The summed E-state index contributed by atoms with van der Waals surface area (Å²) in [5, 5.41) is 4.73. The topological polar surface area (TPSA) is 76.3 Å². The van der Waals surface area contributed by atoms with Gasteiger partial charge in [0.25, 0.3) is 0 Å². The number of aromatic nitrogens is 2. The number of sulfonamides is 1. The first-order chi connectivity index (χ1) is 15.0. The summed E-state index contributed by atoms with van der Waals surface area (Å²) in [6.07, 6.45) is 5.86. The fraction of sp³-hybridized carbons (Fsp3) is 0.391. The van der Waals surface area contributed by atoms with Gasteiger partial charge in [-0.25, -0.2) is 8.42 Å². The van der Waals surface area contributed by atoms with Gasteiger partial charge in [0.15, 0.2) is 0 Å². The third kappa shape index (κ3) is 4.14. The molecule has 0 N–H and O–H groups in total. The van der Waals surface area contributed by atoms with Crippen LogP contribution in [0, 0.1) is 0 Å². The highest BCUT2D eigenvalue weighted by atomic mass is 35.5. The standard InChI is InChI=1S/C23H24ClN3O3S/c24-20-10-7-17(8-11-20)22-25-23(30-26-22)19-6-3-13-27(15-19)31(28,29)21-12-9-16-4-1-2-5-18(16)14-21/h7-12,14,19H,1-6,13,15H2/t19-/m1/s1. The molecule has 162 valence electrons. The molecular weight excluding hydrogens is 434 g/mol. The number of rotatable bonds is 4. The molecule has 8 heteroatoms. The Morgan fingerprint density at radius 2 is 1.77 bits per heavy atom. The summed E-state index contributed by atoms with van der Waals surface area (Å²) < 4.78 is 33.8. The van der Waals surface area contributed by atoms with Crippen LogP contribution in [0.3, 0.4) is 0 Å². The Kier molecular flexibility index (Phi) is 5.58. The van der Waals surface area contributed by atoms with E-state index in [9.17, 15) is 8.42 Å². The predicted molar refractivity (Wildman–Crippen MR) is 119 cm³/mol. The second-order valence-corrected chi connectivity index (χ2v) is 10.7. The van der Waals surface area contributed by atoms with Crippen LogP contribution < -0.4 is 0 Å². The van der Waals surface area contributed by atoms with Gasteiger partial charge in [0.05, 0.1) is 10.8 Å². The number of aryl methyl sites for hydroxylation is 2. The molecule has 1 aliphatic carbocycles. The maximum Gasteiger partial charge on any atom is 0.243 e. The lowest BCUT2D eigenvalue weighted by Crippen LogP contribution is -2.39. The minimum absolute atomic E-state index is 0.116. The van der Waals surface area contributed by atoms with Crippen molar-refractivity contribution in [2.24, 2.45) is 0 Å². The largest absolute Gasteiger partial charge is 0.339 e. The molecule has 1 saturated heterocycles. The van der Waals surface area contributed by atoms with Crippen molar-refractivity contribution in [3.63, 3.8) is 0 Å². The summed E-state index contributed by atoms with van der Waals surface area (Å²) in [5.74, 6) is 0.853. The first-order valence-electron chi connectivity index (χ1n) is 10.7. The molecule has 1 atom stereocenters. The molecule has 0 amide bonds. The van der Waals surface area contributed by atoms with Crippen LogP contribution in [0.2, 0.25) is 5.02 Å². The molecule has 5 rings (SSSR count). The van der Waals surface area contributed by atoms with Crippen LogP contribution in [-0.2, 0) is 22.9 Å². The number of halogens is 1. The summed E-state index contributed by atoms with van der Waals surface area (Å²) in [7, 11) is -3.56. The average molecular weight is 458 g/mol. The summed E-state index contributed by atoms with van der Waals surface area (Å²) in [6, 6.07) is 12.8. The molecule has 1 aromatic heterocycles. The van der Waals surface area contributed by atoms with Crippen molar-refractivity contribution in [2.45, 2.75) is 49.3 Å². The van der Waals surface area contributed by atoms with Crippen molar-refractivity contribution in [3.8, 4) is 11.4 Å². The zero-order valence-corrected chi connectivity index (χ0v) is 18.7. The van der Waals surface area contributed by atoms with E-state index >= 15 is 0 Å². The van der Waals surface area contributed by atoms with E-state index in [4.69, 9.17) is 16.1 Å². The highest BCUT2D eigenvalue weighted by molar-refractivity contribution is 7.89. The fourth-order valence-electron chi connectivity index (χ4n) is 4.50. The molecule has 2 aromatic carbocycles. The van der Waals surface area contributed by atoms with Gasteiger partial charge < -0.3 is 4.52 Å². The zero-order valence-electron chi connectivity index (χ0n) is 17.1. The van der Waals surface area contributed by atoms with Gasteiger partial charge in [-0.3, -0.25) is 0 Å². The Morgan fingerprint density at radius 3 is 2.58 bits per heavy atom. The Bertz CT molecular complexity index is 1190. The molecule has 1 aliphatic heterocycles. The molecule has 2 aliphatic rings. The van der Waals surface area contributed by atoms with Crippen molar-refractivity contribution < 1.29 is 12.9 Å². The van der Waals surface area contributed by atoms with Crippen molar-refractivity contribution in [1.82, 2.24) is 14.4 Å². The maximum atomic E-state index is 13.4. The molecule has 3 aromatic rings. The molecule has 0 radical (unpaired) electrons. The molecule has 0 spiro atoms. The molecule has 0 bridgehead atoms. The van der Waals surface area contributed by atoms with E-state index in [0.29, 0.717) is 34.7 Å². The van der Waals surface area contributed by atoms with Crippen LogP contribution in [-0.4, -0.2) is 36.0 Å². The summed E-state index contributed by atoms with van der Waals surface area (Å²) >= 11 is 5.95. The van der Waals surface area contributed by atoms with Gasteiger partial charge in [-0.1, -0.05) is 22.8 Å². The highest BCUT2D eigenvalue weighted by Crippen LogP contribution is 2.32. The van der Waals surface area contributed by atoms with Gasteiger partial charge in [0, 0.05) is 23.7 Å². The Hall–Kier alpha value is -2.22. The third-order valence-corrected chi connectivity index (χ3v) is 8.35. The molecular formula is C23H24ClN3O3S. The summed E-state index contributed by atoms with van der Waals surface area (Å²) in [6.45, 7) is 0.857. The van der Waals surface area contributed by atoms with Crippen LogP contribution >= 0.6 is 11.6 Å². The SMILES string of the molecule is O=S(=O)(c1ccc2c(c1)CCCC2)N1CCC[C@@H](c2nc(-c3ccc(Cl)cc3)no2)C1. The van der Waals surface area contributed by atoms with E-state index < -0.39 is 10.0 Å². The highest BCUT2D eigenvalue weighted by Gasteiger charge is 2.33. The number of nitrogens with zero attached hydrogens (tertiary/aromatic N) is 3. The van der Waals surface area contributed by atoms with E-state index in [-0.39, 0.29) is 5.92 Å². The van der Waals surface area contributed by atoms with Crippen LogP contribution in [0.25, 0.3) is 11.4 Å². The van der Waals surface area contributed by atoms with E-state index in [1.807, 2.05) is 24.3 Å². The molecule has 0 saturated carbocycles. The van der Waals surface area contributed by atoms with Gasteiger partial charge in [-0.15, -0.1) is 0 Å². The molecule has 2 heterocycles. The maximum absolute atomic E-state index is 13.4. The van der Waals surface area contributed by atoms with Gasteiger partial charge in [-0.05, 0) is 86.1 Å². The predicted octanol–water partition coefficient (Wildman–Crippen LogP) is 4.84. The molecule has 0 unspecified atom stereocenters. The van der Waals surface area contributed by atoms with Gasteiger partial charge in [-0.2, -0.15) is 9.29 Å². The van der Waals surface area contributed by atoms with Crippen LogP contribution in [0.1, 0.15) is 48.6 Å². The van der Waals surface area contributed by atoms with E-state index in [1.165, 1.54) is 17.5 Å². The van der Waals surface area contributed by atoms with Crippen molar-refractivity contribution in [3.05, 3.63) is 64.5 Å². The van der Waals surface area contributed by atoms with Gasteiger partial charge in [0.2, 0.25) is 21.7 Å². The van der Waals surface area contributed by atoms with Crippen molar-refractivity contribution in [1.29, 1.82) is 0 Å². The monoisotopic (exact) mass is 457 g/mol. The van der Waals surface area contributed by atoms with E-state index in [1.54, 1.807) is 22.5 Å². The number of hydrogen-bond donors (Lipinski definition) is 0. The normalized spacial score (nSPS) is 19.8. The smallest absolute Gasteiger partial charge is 0.243 e. The van der Waals surface area contributed by atoms with Crippen LogP contribution in [0.15, 0.2) is 51.9 Å². The summed E-state index contributed by atoms with van der Waals surface area (Å²) in [5.41, 5.74) is 3.27. The lowest BCUT2D eigenvalue weighted by Gasteiger charge is -2.30. The molecule has 6 nitrogen and oxygen atoms in total. The first kappa shape index (κ1) is 20.7. The van der Waals surface area contributed by atoms with E-state index in [0.717, 1.165) is 37.7 Å². The number of piperidine rings is 1. The number of benzene rings is 2. The Balaban J connectivity index is 1.36. The van der Waals surface area contributed by atoms with Crippen molar-refractivity contribution >= 4 is 21.6 Å². The average Bonchev–Trinajstić information content (AvgIpc) is 3.30. The Morgan fingerprint density at radius 1 is 1.00 bits per heavy atom. The second-order valence-electron chi connectivity index (χ2n) is 8.30. The molecule has 31 heavy (non-hydrogen) atoms. The van der Waals surface area contributed by atoms with Crippen LogP contribution in [0.5, 0.6) is 0 Å². The van der Waals surface area contributed by atoms with Crippen molar-refractivity contribution in [2.75, 3.05) is 13.1 Å². The van der Waals surface area contributed by atoms with Crippen LogP contribution in [0.4, 0.5) is 0 Å². The van der Waals surface area contributed by atoms with E-state index in [2.05, 4.69) is 10.1 Å².